The summed E-state index contributed by atoms with van der Waals surface area (Å²) >= 11 is 0. The van der Waals surface area contributed by atoms with E-state index in [0.717, 1.165) is 5.56 Å². The number of hydrogen-bond donors (Lipinski definition) is 1. The maximum Gasteiger partial charge on any atom is 0.251 e. The number of carbonyl (C=O) groups excluding carboxylic acids is 3. The van der Waals surface area contributed by atoms with Crippen molar-refractivity contribution in [2.75, 3.05) is 26.2 Å². The molecule has 0 bridgehead atoms. The number of amides is 3. The van der Waals surface area contributed by atoms with Crippen LogP contribution in [0.25, 0.3) is 0 Å². The molecule has 1 aliphatic rings. The second-order valence-corrected chi connectivity index (χ2v) is 7.12. The van der Waals surface area contributed by atoms with Crippen LogP contribution in [-0.4, -0.2) is 59.7 Å². The van der Waals surface area contributed by atoms with Crippen LogP contribution in [0.15, 0.2) is 24.3 Å². The van der Waals surface area contributed by atoms with Gasteiger partial charge in [0.1, 0.15) is 6.04 Å². The summed E-state index contributed by atoms with van der Waals surface area (Å²) in [5.74, 6) is -0.220. The summed E-state index contributed by atoms with van der Waals surface area (Å²) in [5.41, 5.74) is 1.56. The molecule has 142 valence electrons. The van der Waals surface area contributed by atoms with Crippen molar-refractivity contribution in [2.24, 2.45) is 5.92 Å². The molecule has 1 aromatic carbocycles. The van der Waals surface area contributed by atoms with Crippen molar-refractivity contribution >= 4 is 17.7 Å². The first kappa shape index (κ1) is 19.9. The van der Waals surface area contributed by atoms with Crippen molar-refractivity contribution in [3.8, 4) is 0 Å². The first-order chi connectivity index (χ1) is 12.3. The molecule has 26 heavy (non-hydrogen) atoms. The van der Waals surface area contributed by atoms with Crippen molar-refractivity contribution in [2.45, 2.75) is 40.2 Å². The zero-order valence-corrected chi connectivity index (χ0v) is 16.1. The lowest BCUT2D eigenvalue weighted by molar-refractivity contribution is -0.141. The lowest BCUT2D eigenvalue weighted by Gasteiger charge is -2.37. The Morgan fingerprint density at radius 3 is 2.23 bits per heavy atom. The summed E-state index contributed by atoms with van der Waals surface area (Å²) < 4.78 is 0. The number of rotatable bonds is 5. The SMILES string of the molecule is CCC(=O)N1CCN(C(=O)C(NC(=O)c2cccc(C)c2)C(C)C)CC1. The highest BCUT2D eigenvalue weighted by Crippen LogP contribution is 2.12. The van der Waals surface area contributed by atoms with Gasteiger partial charge >= 0.3 is 0 Å². The largest absolute Gasteiger partial charge is 0.340 e. The first-order valence-corrected chi connectivity index (χ1v) is 9.27. The maximum atomic E-state index is 12.9. The molecule has 6 heteroatoms. The smallest absolute Gasteiger partial charge is 0.251 e. The molecule has 0 saturated carbocycles. The Kier molecular flexibility index (Phi) is 6.77. The highest BCUT2D eigenvalue weighted by molar-refractivity contribution is 5.97. The molecule has 1 fully saturated rings. The number of aryl methyl sites for hydroxylation is 1. The van der Waals surface area contributed by atoms with Gasteiger partial charge in [0.2, 0.25) is 11.8 Å². The van der Waals surface area contributed by atoms with Crippen LogP contribution in [-0.2, 0) is 9.59 Å². The topological polar surface area (TPSA) is 69.7 Å². The third-order valence-electron chi connectivity index (χ3n) is 4.75. The van der Waals surface area contributed by atoms with Crippen LogP contribution in [0.5, 0.6) is 0 Å². The van der Waals surface area contributed by atoms with Gasteiger partial charge in [-0.25, -0.2) is 0 Å². The average Bonchev–Trinajstić information content (AvgIpc) is 2.64. The van der Waals surface area contributed by atoms with Gasteiger partial charge in [-0.2, -0.15) is 0 Å². The Hall–Kier alpha value is -2.37. The molecule has 1 atom stereocenters. The number of carbonyl (C=O) groups is 3. The van der Waals surface area contributed by atoms with Crippen LogP contribution < -0.4 is 5.32 Å². The fraction of sp³-hybridized carbons (Fsp3) is 0.550. The third-order valence-corrected chi connectivity index (χ3v) is 4.75. The number of piperazine rings is 1. The van der Waals surface area contributed by atoms with E-state index in [-0.39, 0.29) is 23.6 Å². The summed E-state index contributed by atoms with van der Waals surface area (Å²) in [6, 6.07) is 6.75. The number of benzene rings is 1. The summed E-state index contributed by atoms with van der Waals surface area (Å²) in [7, 11) is 0. The monoisotopic (exact) mass is 359 g/mol. The van der Waals surface area contributed by atoms with Crippen LogP contribution in [0.3, 0.4) is 0 Å². The van der Waals surface area contributed by atoms with Crippen molar-refractivity contribution < 1.29 is 14.4 Å². The molecule has 1 heterocycles. The minimum Gasteiger partial charge on any atom is -0.340 e. The third kappa shape index (κ3) is 4.84. The summed E-state index contributed by atoms with van der Waals surface area (Å²) in [6.07, 6.45) is 0.481. The van der Waals surface area contributed by atoms with Gasteiger partial charge in [0.05, 0.1) is 0 Å². The molecule has 1 aliphatic heterocycles. The molecule has 0 aromatic heterocycles. The van der Waals surface area contributed by atoms with Gasteiger partial charge in [-0.15, -0.1) is 0 Å². The van der Waals surface area contributed by atoms with Crippen molar-refractivity contribution in [3.63, 3.8) is 0 Å². The molecule has 2 rings (SSSR count). The lowest BCUT2D eigenvalue weighted by Crippen LogP contribution is -2.57. The predicted molar refractivity (Wildman–Crippen MR) is 101 cm³/mol. The van der Waals surface area contributed by atoms with Gasteiger partial charge in [0.25, 0.3) is 5.91 Å². The molecule has 1 saturated heterocycles. The van der Waals surface area contributed by atoms with E-state index in [1.807, 2.05) is 45.9 Å². The standard InChI is InChI=1S/C20H29N3O3/c1-5-17(24)22-9-11-23(12-10-22)20(26)18(14(2)3)21-19(25)16-8-6-7-15(4)13-16/h6-8,13-14,18H,5,9-12H2,1-4H3,(H,21,25). The van der Waals surface area contributed by atoms with Gasteiger partial charge in [-0.05, 0) is 25.0 Å². The Bertz CT molecular complexity index is 664. The van der Waals surface area contributed by atoms with E-state index < -0.39 is 6.04 Å². The molecule has 3 amide bonds. The van der Waals surface area contributed by atoms with Crippen LogP contribution in [0, 0.1) is 12.8 Å². The second-order valence-electron chi connectivity index (χ2n) is 7.12. The molecular weight excluding hydrogens is 330 g/mol. The molecule has 1 aromatic rings. The molecular formula is C20H29N3O3. The summed E-state index contributed by atoms with van der Waals surface area (Å²) in [5, 5.41) is 2.89. The quantitative estimate of drug-likeness (QED) is 0.872. The fourth-order valence-electron chi connectivity index (χ4n) is 3.12. The van der Waals surface area contributed by atoms with Gasteiger partial charge in [-0.1, -0.05) is 38.5 Å². The van der Waals surface area contributed by atoms with E-state index in [9.17, 15) is 14.4 Å². The van der Waals surface area contributed by atoms with Crippen molar-refractivity contribution in [1.82, 2.24) is 15.1 Å². The van der Waals surface area contributed by atoms with E-state index in [0.29, 0.717) is 38.2 Å². The van der Waals surface area contributed by atoms with E-state index >= 15 is 0 Å². The predicted octanol–water partition coefficient (Wildman–Crippen LogP) is 1.83. The number of hydrogen-bond acceptors (Lipinski definition) is 3. The molecule has 0 spiro atoms. The van der Waals surface area contributed by atoms with Crippen molar-refractivity contribution in [1.29, 1.82) is 0 Å². The minimum absolute atomic E-state index is 0.0217. The fourth-order valence-corrected chi connectivity index (χ4v) is 3.12. The minimum atomic E-state index is -0.573. The zero-order chi connectivity index (χ0) is 19.3. The lowest BCUT2D eigenvalue weighted by atomic mass is 10.0. The highest BCUT2D eigenvalue weighted by atomic mass is 16.2. The van der Waals surface area contributed by atoms with E-state index in [1.54, 1.807) is 15.9 Å². The Morgan fingerprint density at radius 2 is 1.69 bits per heavy atom. The van der Waals surface area contributed by atoms with Crippen LogP contribution >= 0.6 is 0 Å². The van der Waals surface area contributed by atoms with Gasteiger partial charge in [0, 0.05) is 38.2 Å². The maximum absolute atomic E-state index is 12.9. The Labute approximate surface area is 155 Å². The van der Waals surface area contributed by atoms with Crippen LogP contribution in [0.2, 0.25) is 0 Å². The normalized spacial score (nSPS) is 15.7. The molecule has 0 radical (unpaired) electrons. The highest BCUT2D eigenvalue weighted by Gasteiger charge is 2.31. The Balaban J connectivity index is 2.02. The number of nitrogens with one attached hydrogen (secondary N) is 1. The summed E-state index contributed by atoms with van der Waals surface area (Å²) in [6.45, 7) is 9.74. The molecule has 1 N–H and O–H groups in total. The van der Waals surface area contributed by atoms with Gasteiger partial charge < -0.3 is 15.1 Å². The van der Waals surface area contributed by atoms with Gasteiger partial charge in [0.15, 0.2) is 0 Å². The first-order valence-electron chi connectivity index (χ1n) is 9.27. The van der Waals surface area contributed by atoms with Crippen LogP contribution in [0.1, 0.15) is 43.1 Å². The Morgan fingerprint density at radius 1 is 1.08 bits per heavy atom. The van der Waals surface area contributed by atoms with Crippen molar-refractivity contribution in [3.05, 3.63) is 35.4 Å². The van der Waals surface area contributed by atoms with E-state index in [4.69, 9.17) is 0 Å². The van der Waals surface area contributed by atoms with Gasteiger partial charge in [-0.3, -0.25) is 14.4 Å². The number of nitrogens with zero attached hydrogens (tertiary/aromatic N) is 2. The summed E-state index contributed by atoms with van der Waals surface area (Å²) in [4.78, 5) is 40.8. The molecule has 1 unspecified atom stereocenters. The average molecular weight is 359 g/mol. The molecule has 0 aliphatic carbocycles. The second kappa shape index (κ2) is 8.83. The molecule has 6 nitrogen and oxygen atoms in total. The zero-order valence-electron chi connectivity index (χ0n) is 16.1. The van der Waals surface area contributed by atoms with E-state index in [2.05, 4.69) is 5.32 Å². The van der Waals surface area contributed by atoms with Crippen LogP contribution in [0.4, 0.5) is 0 Å². The van der Waals surface area contributed by atoms with E-state index in [1.165, 1.54) is 0 Å².